The molecule has 1 heterocycles. The van der Waals surface area contributed by atoms with Crippen LogP contribution in [0.2, 0.25) is 0 Å². The van der Waals surface area contributed by atoms with E-state index in [9.17, 15) is 0 Å². The summed E-state index contributed by atoms with van der Waals surface area (Å²) in [5.41, 5.74) is 8.43. The number of aromatic nitrogens is 1. The molecule has 0 radical (unpaired) electrons. The predicted octanol–water partition coefficient (Wildman–Crippen LogP) is 3.25. The summed E-state index contributed by atoms with van der Waals surface area (Å²) in [6, 6.07) is 2.72. The average molecular weight is 261 g/mol. The molecule has 1 fully saturated rings. The van der Waals surface area contributed by atoms with Crippen molar-refractivity contribution in [2.75, 3.05) is 11.4 Å². The maximum Gasteiger partial charge on any atom is 0.133 e. The first-order valence-corrected chi connectivity index (χ1v) is 7.54. The van der Waals surface area contributed by atoms with E-state index in [4.69, 9.17) is 5.73 Å². The molecule has 0 atom stereocenters. The minimum atomic E-state index is 0.580. The van der Waals surface area contributed by atoms with Gasteiger partial charge in [0.25, 0.3) is 0 Å². The van der Waals surface area contributed by atoms with Crippen LogP contribution < -0.4 is 10.6 Å². The maximum absolute atomic E-state index is 5.95. The molecule has 3 heteroatoms. The Morgan fingerprint density at radius 1 is 1.37 bits per heavy atom. The first-order valence-electron chi connectivity index (χ1n) is 7.54. The normalized spacial score (nSPS) is 16.3. The monoisotopic (exact) mass is 261 g/mol. The van der Waals surface area contributed by atoms with Crippen LogP contribution in [0.15, 0.2) is 12.3 Å². The molecule has 0 saturated heterocycles. The number of hydrogen-bond donors (Lipinski definition) is 1. The molecule has 2 rings (SSSR count). The van der Waals surface area contributed by atoms with E-state index < -0.39 is 0 Å². The van der Waals surface area contributed by atoms with E-state index in [1.54, 1.807) is 0 Å². The Morgan fingerprint density at radius 2 is 2.05 bits per heavy atom. The second-order valence-electron chi connectivity index (χ2n) is 6.12. The minimum Gasteiger partial charge on any atom is -0.353 e. The highest BCUT2D eigenvalue weighted by Gasteiger charge is 2.26. The molecule has 1 aliphatic carbocycles. The quantitative estimate of drug-likeness (QED) is 0.884. The zero-order valence-corrected chi connectivity index (χ0v) is 12.5. The molecule has 0 spiro atoms. The standard InChI is InChI=1S/C16H27N3/c1-12(2)11-19(14-6-4-5-7-14)16-15(10-17)13(3)8-9-18-16/h8-9,12,14H,4-7,10-11,17H2,1-3H3. The maximum atomic E-state index is 5.95. The molecule has 0 unspecified atom stereocenters. The van der Waals surface area contributed by atoms with E-state index in [0.717, 1.165) is 12.4 Å². The molecule has 0 amide bonds. The zero-order valence-electron chi connectivity index (χ0n) is 12.5. The molecule has 1 aliphatic rings. The Kier molecular flexibility index (Phi) is 4.81. The van der Waals surface area contributed by atoms with Gasteiger partial charge in [0.2, 0.25) is 0 Å². The highest BCUT2D eigenvalue weighted by Crippen LogP contribution is 2.30. The number of nitrogens with zero attached hydrogens (tertiary/aromatic N) is 2. The van der Waals surface area contributed by atoms with Crippen LogP contribution in [0.4, 0.5) is 5.82 Å². The summed E-state index contributed by atoms with van der Waals surface area (Å²) in [7, 11) is 0. The van der Waals surface area contributed by atoms with Crippen molar-refractivity contribution in [2.24, 2.45) is 11.7 Å². The van der Waals surface area contributed by atoms with Gasteiger partial charge in [-0.3, -0.25) is 0 Å². The lowest BCUT2D eigenvalue weighted by Crippen LogP contribution is -2.38. The Morgan fingerprint density at radius 3 is 2.63 bits per heavy atom. The fraction of sp³-hybridized carbons (Fsp3) is 0.688. The van der Waals surface area contributed by atoms with E-state index in [1.165, 1.54) is 36.8 Å². The summed E-state index contributed by atoms with van der Waals surface area (Å²) in [6.07, 6.45) is 7.22. The predicted molar refractivity (Wildman–Crippen MR) is 81.3 cm³/mol. The van der Waals surface area contributed by atoms with Crippen molar-refractivity contribution >= 4 is 5.82 Å². The molecule has 19 heavy (non-hydrogen) atoms. The lowest BCUT2D eigenvalue weighted by Gasteiger charge is -2.33. The number of anilines is 1. The van der Waals surface area contributed by atoms with Gasteiger partial charge < -0.3 is 10.6 Å². The van der Waals surface area contributed by atoms with E-state index >= 15 is 0 Å². The smallest absolute Gasteiger partial charge is 0.133 e. The number of pyridine rings is 1. The molecular weight excluding hydrogens is 234 g/mol. The van der Waals surface area contributed by atoms with Crippen LogP contribution in [0.25, 0.3) is 0 Å². The second kappa shape index (κ2) is 6.38. The minimum absolute atomic E-state index is 0.580. The van der Waals surface area contributed by atoms with Crippen LogP contribution in [-0.2, 0) is 6.54 Å². The van der Waals surface area contributed by atoms with Crippen molar-refractivity contribution in [3.63, 3.8) is 0 Å². The first-order chi connectivity index (χ1) is 9.13. The average Bonchev–Trinajstić information content (AvgIpc) is 2.89. The molecule has 0 aromatic carbocycles. The SMILES string of the molecule is Cc1ccnc(N(CC(C)C)C2CCCC2)c1CN. The molecule has 0 bridgehead atoms. The summed E-state index contributed by atoms with van der Waals surface area (Å²) in [4.78, 5) is 7.17. The molecule has 2 N–H and O–H groups in total. The van der Waals surface area contributed by atoms with E-state index in [1.807, 2.05) is 6.20 Å². The Labute approximate surface area is 117 Å². The highest BCUT2D eigenvalue weighted by atomic mass is 15.2. The van der Waals surface area contributed by atoms with Gasteiger partial charge in [0, 0.05) is 30.9 Å². The molecule has 0 aliphatic heterocycles. The summed E-state index contributed by atoms with van der Waals surface area (Å²) in [5, 5.41) is 0. The molecule has 1 aromatic rings. The van der Waals surface area contributed by atoms with Crippen LogP contribution in [0, 0.1) is 12.8 Å². The van der Waals surface area contributed by atoms with Gasteiger partial charge in [-0.1, -0.05) is 26.7 Å². The van der Waals surface area contributed by atoms with Gasteiger partial charge in [-0.15, -0.1) is 0 Å². The summed E-state index contributed by atoms with van der Waals surface area (Å²) < 4.78 is 0. The van der Waals surface area contributed by atoms with Gasteiger partial charge in [-0.25, -0.2) is 4.98 Å². The molecule has 1 saturated carbocycles. The fourth-order valence-electron chi connectivity index (χ4n) is 3.09. The van der Waals surface area contributed by atoms with Crippen molar-refractivity contribution in [1.82, 2.24) is 4.98 Å². The molecular formula is C16H27N3. The Balaban J connectivity index is 2.33. The highest BCUT2D eigenvalue weighted by molar-refractivity contribution is 5.51. The molecule has 1 aromatic heterocycles. The fourth-order valence-corrected chi connectivity index (χ4v) is 3.09. The summed E-state index contributed by atoms with van der Waals surface area (Å²) in [5.74, 6) is 1.77. The van der Waals surface area contributed by atoms with Crippen molar-refractivity contribution in [3.05, 3.63) is 23.4 Å². The Hall–Kier alpha value is -1.09. The molecule has 106 valence electrons. The summed E-state index contributed by atoms with van der Waals surface area (Å²) >= 11 is 0. The number of aryl methyl sites for hydroxylation is 1. The van der Waals surface area contributed by atoms with Gasteiger partial charge in [-0.2, -0.15) is 0 Å². The lowest BCUT2D eigenvalue weighted by atomic mass is 10.1. The first kappa shape index (κ1) is 14.3. The topological polar surface area (TPSA) is 42.2 Å². The van der Waals surface area contributed by atoms with Crippen LogP contribution >= 0.6 is 0 Å². The van der Waals surface area contributed by atoms with Crippen LogP contribution in [0.3, 0.4) is 0 Å². The summed E-state index contributed by atoms with van der Waals surface area (Å²) in [6.45, 7) is 8.35. The van der Waals surface area contributed by atoms with Crippen molar-refractivity contribution in [2.45, 2.75) is 59.0 Å². The van der Waals surface area contributed by atoms with E-state index in [0.29, 0.717) is 18.5 Å². The third kappa shape index (κ3) is 3.27. The van der Waals surface area contributed by atoms with Crippen molar-refractivity contribution in [3.8, 4) is 0 Å². The number of nitrogens with two attached hydrogens (primary N) is 1. The van der Waals surface area contributed by atoms with Crippen molar-refractivity contribution in [1.29, 1.82) is 0 Å². The third-order valence-electron chi connectivity index (χ3n) is 4.07. The second-order valence-corrected chi connectivity index (χ2v) is 6.12. The van der Waals surface area contributed by atoms with Crippen molar-refractivity contribution < 1.29 is 0 Å². The van der Waals surface area contributed by atoms with E-state index in [2.05, 4.69) is 36.7 Å². The van der Waals surface area contributed by atoms with Gasteiger partial charge in [0.1, 0.15) is 5.82 Å². The van der Waals surface area contributed by atoms with Crippen LogP contribution in [-0.4, -0.2) is 17.6 Å². The lowest BCUT2D eigenvalue weighted by molar-refractivity contribution is 0.529. The third-order valence-corrected chi connectivity index (χ3v) is 4.07. The van der Waals surface area contributed by atoms with Gasteiger partial charge in [0.05, 0.1) is 0 Å². The van der Waals surface area contributed by atoms with Crippen LogP contribution in [0.5, 0.6) is 0 Å². The zero-order chi connectivity index (χ0) is 13.8. The van der Waals surface area contributed by atoms with E-state index in [-0.39, 0.29) is 0 Å². The largest absolute Gasteiger partial charge is 0.353 e. The number of rotatable bonds is 5. The van der Waals surface area contributed by atoms with Gasteiger partial charge in [0.15, 0.2) is 0 Å². The van der Waals surface area contributed by atoms with Gasteiger partial charge in [-0.05, 0) is 37.3 Å². The van der Waals surface area contributed by atoms with Crippen LogP contribution in [0.1, 0.15) is 50.7 Å². The van der Waals surface area contributed by atoms with Gasteiger partial charge >= 0.3 is 0 Å². The number of hydrogen-bond acceptors (Lipinski definition) is 3. The molecule has 3 nitrogen and oxygen atoms in total. The Bertz CT molecular complexity index is 408.